The standard InChI is InChI=1S/C21H24N2O/c1-2-4-16-15(3-1)21-7-9-22-12-13-6-10-24-17-5-8-23(16)20(21)19(17)14(13)11-18(21)22/h1-4,6,14,17-20H,5,7-12H2/t14-,17?,18-,19-,20?,21+/m0/s1. The summed E-state index contributed by atoms with van der Waals surface area (Å²) in [6.07, 6.45) is 6.84. The van der Waals surface area contributed by atoms with Crippen LogP contribution in [0.15, 0.2) is 35.9 Å². The zero-order chi connectivity index (χ0) is 15.5. The van der Waals surface area contributed by atoms with Crippen LogP contribution >= 0.6 is 0 Å². The molecule has 3 nitrogen and oxygen atoms in total. The fourth-order valence-electron chi connectivity index (χ4n) is 7.68. The van der Waals surface area contributed by atoms with Crippen molar-refractivity contribution < 1.29 is 4.74 Å². The van der Waals surface area contributed by atoms with Gasteiger partial charge < -0.3 is 9.64 Å². The molecule has 2 unspecified atom stereocenters. The summed E-state index contributed by atoms with van der Waals surface area (Å²) in [7, 11) is 0. The van der Waals surface area contributed by atoms with Gasteiger partial charge in [0.25, 0.3) is 0 Å². The van der Waals surface area contributed by atoms with Crippen LogP contribution in [0.4, 0.5) is 5.69 Å². The lowest BCUT2D eigenvalue weighted by molar-refractivity contribution is -0.0566. The molecule has 0 radical (unpaired) electrons. The van der Waals surface area contributed by atoms with Gasteiger partial charge in [-0.1, -0.05) is 29.8 Å². The molecule has 0 aromatic heterocycles. The van der Waals surface area contributed by atoms with Gasteiger partial charge in [0.2, 0.25) is 0 Å². The number of para-hydroxylation sites is 1. The molecule has 1 spiro atoms. The second-order valence-electron chi connectivity index (χ2n) is 8.79. The zero-order valence-corrected chi connectivity index (χ0v) is 14.0. The minimum absolute atomic E-state index is 0.371. The Kier molecular flexibility index (Phi) is 2.20. The van der Waals surface area contributed by atoms with Crippen LogP contribution in [-0.2, 0) is 10.2 Å². The molecule has 24 heavy (non-hydrogen) atoms. The Morgan fingerprint density at radius 2 is 2.12 bits per heavy atom. The highest BCUT2D eigenvalue weighted by molar-refractivity contribution is 5.67. The molecule has 1 aliphatic carbocycles. The summed E-state index contributed by atoms with van der Waals surface area (Å²) in [6, 6.07) is 10.8. The first-order valence-corrected chi connectivity index (χ1v) is 9.79. The lowest BCUT2D eigenvalue weighted by Crippen LogP contribution is -2.68. The molecule has 1 aromatic rings. The molecule has 6 aliphatic rings. The fourth-order valence-corrected chi connectivity index (χ4v) is 7.68. The third-order valence-corrected chi connectivity index (χ3v) is 8.33. The van der Waals surface area contributed by atoms with Crippen molar-refractivity contribution in [3.8, 4) is 0 Å². The second-order valence-corrected chi connectivity index (χ2v) is 8.79. The summed E-state index contributed by atoms with van der Waals surface area (Å²) in [5.74, 6) is 1.48. The van der Waals surface area contributed by atoms with Crippen LogP contribution in [0, 0.1) is 11.8 Å². The van der Waals surface area contributed by atoms with Gasteiger partial charge in [0, 0.05) is 42.2 Å². The molecule has 1 aromatic carbocycles. The third-order valence-electron chi connectivity index (χ3n) is 8.33. The molecule has 0 amide bonds. The highest BCUT2D eigenvalue weighted by atomic mass is 16.5. The van der Waals surface area contributed by atoms with Crippen molar-refractivity contribution in [1.29, 1.82) is 0 Å². The molecule has 5 heterocycles. The number of benzene rings is 1. The van der Waals surface area contributed by atoms with E-state index in [1.54, 1.807) is 16.8 Å². The van der Waals surface area contributed by atoms with Gasteiger partial charge in [0.1, 0.15) is 0 Å². The van der Waals surface area contributed by atoms with E-state index in [2.05, 4.69) is 40.1 Å². The van der Waals surface area contributed by atoms with Crippen LogP contribution in [0.25, 0.3) is 0 Å². The second kappa shape index (κ2) is 4.08. The molecule has 124 valence electrons. The summed E-state index contributed by atoms with van der Waals surface area (Å²) in [5, 5.41) is 0. The first-order valence-electron chi connectivity index (χ1n) is 9.79. The number of nitrogens with zero attached hydrogens (tertiary/aromatic N) is 2. The van der Waals surface area contributed by atoms with Gasteiger partial charge in [0.05, 0.1) is 12.7 Å². The normalized spacial score (nSPS) is 47.2. The van der Waals surface area contributed by atoms with Crippen LogP contribution in [0.2, 0.25) is 0 Å². The Morgan fingerprint density at radius 1 is 1.17 bits per heavy atom. The lowest BCUT2D eigenvalue weighted by atomic mass is 9.53. The molecule has 2 bridgehead atoms. The summed E-state index contributed by atoms with van der Waals surface area (Å²) >= 11 is 0. The van der Waals surface area contributed by atoms with Crippen molar-refractivity contribution in [3.63, 3.8) is 0 Å². The Labute approximate surface area is 143 Å². The van der Waals surface area contributed by atoms with E-state index in [1.807, 2.05) is 0 Å². The number of rotatable bonds is 0. The number of hydrogen-bond acceptors (Lipinski definition) is 3. The van der Waals surface area contributed by atoms with Crippen LogP contribution < -0.4 is 4.90 Å². The van der Waals surface area contributed by atoms with Crippen molar-refractivity contribution in [2.75, 3.05) is 31.1 Å². The van der Waals surface area contributed by atoms with Gasteiger partial charge in [-0.05, 0) is 43.4 Å². The van der Waals surface area contributed by atoms with E-state index >= 15 is 0 Å². The number of hydrogen-bond donors (Lipinski definition) is 0. The van der Waals surface area contributed by atoms with Crippen LogP contribution in [0.1, 0.15) is 24.8 Å². The maximum Gasteiger partial charge on any atom is 0.0654 e. The maximum atomic E-state index is 6.40. The van der Waals surface area contributed by atoms with E-state index in [1.165, 1.54) is 38.9 Å². The van der Waals surface area contributed by atoms with E-state index in [0.29, 0.717) is 23.5 Å². The minimum Gasteiger partial charge on any atom is -0.374 e. The fraction of sp³-hybridized carbons (Fsp3) is 0.619. The number of piperidine rings is 2. The molecule has 6 atom stereocenters. The van der Waals surface area contributed by atoms with E-state index < -0.39 is 0 Å². The summed E-state index contributed by atoms with van der Waals surface area (Å²) in [5.41, 5.74) is 5.28. The summed E-state index contributed by atoms with van der Waals surface area (Å²) < 4.78 is 6.40. The molecular weight excluding hydrogens is 296 g/mol. The summed E-state index contributed by atoms with van der Waals surface area (Å²) in [4.78, 5) is 5.62. The monoisotopic (exact) mass is 320 g/mol. The topological polar surface area (TPSA) is 15.7 Å². The molecule has 3 saturated heterocycles. The van der Waals surface area contributed by atoms with Gasteiger partial charge >= 0.3 is 0 Å². The maximum absolute atomic E-state index is 6.40. The van der Waals surface area contributed by atoms with E-state index in [-0.39, 0.29) is 0 Å². The van der Waals surface area contributed by atoms with Gasteiger partial charge in [-0.15, -0.1) is 0 Å². The van der Waals surface area contributed by atoms with E-state index in [9.17, 15) is 0 Å². The Balaban J connectivity index is 1.53. The predicted octanol–water partition coefficient (Wildman–Crippen LogP) is 2.57. The Bertz CT molecular complexity index is 773. The molecule has 1 saturated carbocycles. The van der Waals surface area contributed by atoms with Crippen molar-refractivity contribution in [2.45, 2.75) is 42.9 Å². The zero-order valence-electron chi connectivity index (χ0n) is 14.0. The molecular formula is C21H24N2O. The number of fused-ring (bicyclic) bond motifs is 2. The van der Waals surface area contributed by atoms with E-state index in [0.717, 1.165) is 18.6 Å². The van der Waals surface area contributed by atoms with Gasteiger partial charge in [-0.3, -0.25) is 4.90 Å². The third kappa shape index (κ3) is 1.23. The summed E-state index contributed by atoms with van der Waals surface area (Å²) in [6.45, 7) is 4.52. The first-order chi connectivity index (χ1) is 11.9. The number of anilines is 1. The highest BCUT2D eigenvalue weighted by Crippen LogP contribution is 2.65. The van der Waals surface area contributed by atoms with Crippen molar-refractivity contribution in [3.05, 3.63) is 41.5 Å². The highest BCUT2D eigenvalue weighted by Gasteiger charge is 2.69. The van der Waals surface area contributed by atoms with Crippen LogP contribution in [-0.4, -0.2) is 49.3 Å². The smallest absolute Gasteiger partial charge is 0.0654 e. The van der Waals surface area contributed by atoms with Gasteiger partial charge in [0.15, 0.2) is 0 Å². The van der Waals surface area contributed by atoms with Gasteiger partial charge in [-0.25, -0.2) is 0 Å². The van der Waals surface area contributed by atoms with Crippen molar-refractivity contribution in [2.24, 2.45) is 11.8 Å². The minimum atomic E-state index is 0.371. The van der Waals surface area contributed by atoms with Crippen LogP contribution in [0.5, 0.6) is 0 Å². The molecule has 5 aliphatic heterocycles. The molecule has 3 heteroatoms. The Hall–Kier alpha value is -1.32. The van der Waals surface area contributed by atoms with Crippen molar-refractivity contribution in [1.82, 2.24) is 4.90 Å². The largest absolute Gasteiger partial charge is 0.374 e. The molecule has 0 N–H and O–H groups in total. The average molecular weight is 320 g/mol. The quantitative estimate of drug-likeness (QED) is 0.683. The number of ether oxygens (including phenoxy) is 1. The predicted molar refractivity (Wildman–Crippen MR) is 93.3 cm³/mol. The average Bonchev–Trinajstić information content (AvgIpc) is 3.08. The molecule has 7 rings (SSSR count). The van der Waals surface area contributed by atoms with Gasteiger partial charge in [-0.2, -0.15) is 0 Å². The Morgan fingerprint density at radius 3 is 3.12 bits per heavy atom. The van der Waals surface area contributed by atoms with E-state index in [4.69, 9.17) is 4.74 Å². The lowest BCUT2D eigenvalue weighted by Gasteiger charge is -2.59. The van der Waals surface area contributed by atoms with Crippen molar-refractivity contribution >= 4 is 5.69 Å². The van der Waals surface area contributed by atoms with Crippen LogP contribution in [0.3, 0.4) is 0 Å². The SMILES string of the molecule is C1=C2CN3CC[C@]45c6ccccc6N6CCC(OC1)[C@@H](C64)[C@H]2C[C@H]35. The first kappa shape index (κ1) is 13.0. The molecule has 4 fully saturated rings.